The molecule has 0 bridgehead atoms. The molecule has 1 aliphatic carbocycles. The first-order valence-corrected chi connectivity index (χ1v) is 13.7. The Labute approximate surface area is 206 Å². The average molecular weight is 499 g/mol. The molecule has 2 aromatic rings. The highest BCUT2D eigenvalue weighted by Gasteiger charge is 2.30. The monoisotopic (exact) mass is 498 g/mol. The Balaban J connectivity index is 1.87. The molecule has 0 N–H and O–H groups in total. The minimum Gasteiger partial charge on any atom is -0.458 e. The van der Waals surface area contributed by atoms with Crippen molar-refractivity contribution in [1.29, 1.82) is 0 Å². The molecule has 0 amide bonds. The molecule has 34 heavy (non-hydrogen) atoms. The van der Waals surface area contributed by atoms with Crippen molar-refractivity contribution in [2.75, 3.05) is 12.4 Å². The van der Waals surface area contributed by atoms with Gasteiger partial charge in [-0.05, 0) is 68.5 Å². The minimum absolute atomic E-state index is 0.0891. The molecular formula is C27H30O5S2. The van der Waals surface area contributed by atoms with E-state index in [0.717, 1.165) is 10.5 Å². The number of hydrogen-bond donors (Lipinski definition) is 0. The van der Waals surface area contributed by atoms with Gasteiger partial charge in [0.25, 0.3) is 0 Å². The Hall–Kier alpha value is -2.66. The molecule has 3 rings (SSSR count). The lowest BCUT2D eigenvalue weighted by Gasteiger charge is -2.28. The second kappa shape index (κ2) is 10.7. The van der Waals surface area contributed by atoms with E-state index in [9.17, 15) is 13.2 Å². The standard InChI is InChI=1S/C27H30O5S2/c1-5-18-34(29,30)23-9-6-8-21(19-23)11-14-27(31-20-25(28)32-26(2,3)4)15-12-22(13-16-27)24-10-7-17-33-24/h6-10,12-13,15,17,19H,5,16,18,20H2,1-4H3. The average Bonchev–Trinajstić information content (AvgIpc) is 3.31. The number of rotatable bonds is 7. The second-order valence-electron chi connectivity index (χ2n) is 9.04. The van der Waals surface area contributed by atoms with Crippen LogP contribution in [0.3, 0.4) is 0 Å². The van der Waals surface area contributed by atoms with Crippen LogP contribution in [0.5, 0.6) is 0 Å². The number of thiophene rings is 1. The fourth-order valence-corrected chi connectivity index (χ4v) is 5.49. The Morgan fingerprint density at radius 3 is 2.62 bits per heavy atom. The summed E-state index contributed by atoms with van der Waals surface area (Å²) in [6, 6.07) is 10.7. The lowest BCUT2D eigenvalue weighted by Crippen LogP contribution is -2.34. The van der Waals surface area contributed by atoms with Gasteiger partial charge in [0.2, 0.25) is 0 Å². The molecule has 0 saturated carbocycles. The molecule has 0 aliphatic heterocycles. The number of carbonyl (C=O) groups excluding carboxylic acids is 1. The maximum Gasteiger partial charge on any atom is 0.332 e. The van der Waals surface area contributed by atoms with E-state index in [1.165, 1.54) is 0 Å². The predicted molar refractivity (Wildman–Crippen MR) is 136 cm³/mol. The fourth-order valence-electron chi connectivity index (χ4n) is 3.37. The third-order valence-corrected chi connectivity index (χ3v) is 7.75. The van der Waals surface area contributed by atoms with Crippen LogP contribution in [-0.4, -0.2) is 37.9 Å². The highest BCUT2D eigenvalue weighted by Crippen LogP contribution is 2.31. The van der Waals surface area contributed by atoms with Crippen LogP contribution in [0.2, 0.25) is 0 Å². The molecule has 0 fully saturated rings. The van der Waals surface area contributed by atoms with Crippen molar-refractivity contribution in [3.05, 3.63) is 70.4 Å². The number of hydrogen-bond acceptors (Lipinski definition) is 6. The Morgan fingerprint density at radius 2 is 2.00 bits per heavy atom. The van der Waals surface area contributed by atoms with E-state index in [0.29, 0.717) is 18.4 Å². The van der Waals surface area contributed by atoms with E-state index < -0.39 is 27.0 Å². The topological polar surface area (TPSA) is 69.7 Å². The van der Waals surface area contributed by atoms with Crippen molar-refractivity contribution in [1.82, 2.24) is 0 Å². The third-order valence-electron chi connectivity index (χ3n) is 4.92. The minimum atomic E-state index is -3.35. The summed E-state index contributed by atoms with van der Waals surface area (Å²) >= 11 is 1.64. The van der Waals surface area contributed by atoms with Crippen molar-refractivity contribution in [2.24, 2.45) is 0 Å². The molecular weight excluding hydrogens is 468 g/mol. The SMILES string of the molecule is CCCS(=O)(=O)c1cccc(C#CC2(OCC(=O)OC(C)(C)C)C=CC(c3cccs3)=CC2)c1. The van der Waals surface area contributed by atoms with E-state index in [-0.39, 0.29) is 17.3 Å². The van der Waals surface area contributed by atoms with Crippen molar-refractivity contribution in [3.8, 4) is 11.8 Å². The first kappa shape index (κ1) is 26.0. The van der Waals surface area contributed by atoms with Gasteiger partial charge in [-0.2, -0.15) is 0 Å². The maximum atomic E-state index is 12.5. The summed E-state index contributed by atoms with van der Waals surface area (Å²) in [5, 5.41) is 2.02. The quantitative estimate of drug-likeness (QED) is 0.376. The lowest BCUT2D eigenvalue weighted by atomic mass is 9.91. The molecule has 0 spiro atoms. The van der Waals surface area contributed by atoms with Crippen LogP contribution in [0.4, 0.5) is 0 Å². The molecule has 7 heteroatoms. The highest BCUT2D eigenvalue weighted by molar-refractivity contribution is 7.91. The third kappa shape index (κ3) is 7.17. The zero-order valence-electron chi connectivity index (χ0n) is 20.0. The molecule has 1 unspecified atom stereocenters. The number of benzene rings is 1. The summed E-state index contributed by atoms with van der Waals surface area (Å²) in [6.45, 7) is 6.99. The van der Waals surface area contributed by atoms with Gasteiger partial charge in [-0.25, -0.2) is 13.2 Å². The largest absolute Gasteiger partial charge is 0.458 e. The van der Waals surface area contributed by atoms with Crippen LogP contribution in [0, 0.1) is 11.8 Å². The van der Waals surface area contributed by atoms with Crippen LogP contribution in [-0.2, 0) is 24.1 Å². The molecule has 5 nitrogen and oxygen atoms in total. The van der Waals surface area contributed by atoms with Crippen LogP contribution in [0.1, 0.15) is 51.0 Å². The summed E-state index contributed by atoms with van der Waals surface area (Å²) in [6.07, 6.45) is 6.83. The number of allylic oxidation sites excluding steroid dienone is 2. The summed E-state index contributed by atoms with van der Waals surface area (Å²) < 4.78 is 36.3. The van der Waals surface area contributed by atoms with Crippen LogP contribution in [0.25, 0.3) is 5.57 Å². The van der Waals surface area contributed by atoms with Crippen molar-refractivity contribution < 1.29 is 22.7 Å². The maximum absolute atomic E-state index is 12.5. The van der Waals surface area contributed by atoms with Gasteiger partial charge in [-0.1, -0.05) is 43.0 Å². The Bertz CT molecular complexity index is 1240. The molecule has 1 aliphatic rings. The summed E-state index contributed by atoms with van der Waals surface area (Å²) in [4.78, 5) is 13.7. The Morgan fingerprint density at radius 1 is 1.21 bits per heavy atom. The molecule has 1 atom stereocenters. The van der Waals surface area contributed by atoms with Gasteiger partial charge >= 0.3 is 5.97 Å². The van der Waals surface area contributed by atoms with Crippen LogP contribution < -0.4 is 0 Å². The molecule has 1 aromatic carbocycles. The van der Waals surface area contributed by atoms with Gasteiger partial charge in [-0.3, -0.25) is 0 Å². The van der Waals surface area contributed by atoms with Gasteiger partial charge in [0.1, 0.15) is 12.2 Å². The summed E-state index contributed by atoms with van der Waals surface area (Å²) in [5.41, 5.74) is -0.00582. The second-order valence-corrected chi connectivity index (χ2v) is 12.1. The first-order chi connectivity index (χ1) is 16.0. The summed E-state index contributed by atoms with van der Waals surface area (Å²) in [7, 11) is -3.35. The van der Waals surface area contributed by atoms with Crippen molar-refractivity contribution >= 4 is 32.7 Å². The molecule has 1 heterocycles. The van der Waals surface area contributed by atoms with Gasteiger partial charge in [-0.15, -0.1) is 11.3 Å². The van der Waals surface area contributed by atoms with E-state index in [2.05, 4.69) is 11.8 Å². The number of carbonyl (C=O) groups is 1. The summed E-state index contributed by atoms with van der Waals surface area (Å²) in [5.74, 6) is 5.82. The number of ether oxygens (including phenoxy) is 2. The molecule has 0 radical (unpaired) electrons. The zero-order chi connectivity index (χ0) is 24.8. The van der Waals surface area contributed by atoms with Crippen LogP contribution >= 0.6 is 11.3 Å². The molecule has 180 valence electrons. The van der Waals surface area contributed by atoms with Gasteiger partial charge in [0.15, 0.2) is 15.4 Å². The molecule has 0 saturated heterocycles. The van der Waals surface area contributed by atoms with Crippen molar-refractivity contribution in [3.63, 3.8) is 0 Å². The van der Waals surface area contributed by atoms with Gasteiger partial charge in [0, 0.05) is 16.9 Å². The van der Waals surface area contributed by atoms with Gasteiger partial charge < -0.3 is 9.47 Å². The Kier molecular flexibility index (Phi) is 8.19. The smallest absolute Gasteiger partial charge is 0.332 e. The predicted octanol–water partition coefficient (Wildman–Crippen LogP) is 5.42. The van der Waals surface area contributed by atoms with Crippen molar-refractivity contribution in [2.45, 2.75) is 56.6 Å². The number of sulfone groups is 1. The van der Waals surface area contributed by atoms with Gasteiger partial charge in [0.05, 0.1) is 10.6 Å². The fraction of sp³-hybridized carbons (Fsp3) is 0.370. The zero-order valence-corrected chi connectivity index (χ0v) is 21.6. The highest BCUT2D eigenvalue weighted by atomic mass is 32.2. The van der Waals surface area contributed by atoms with E-state index in [1.807, 2.05) is 42.7 Å². The van der Waals surface area contributed by atoms with Crippen LogP contribution in [0.15, 0.2) is 64.9 Å². The van der Waals surface area contributed by atoms with E-state index in [4.69, 9.17) is 9.47 Å². The number of esters is 1. The van der Waals surface area contributed by atoms with E-state index >= 15 is 0 Å². The lowest BCUT2D eigenvalue weighted by molar-refractivity contribution is -0.163. The first-order valence-electron chi connectivity index (χ1n) is 11.2. The van der Waals surface area contributed by atoms with E-state index in [1.54, 1.807) is 56.4 Å². The molecule has 1 aromatic heterocycles. The normalized spacial score (nSPS) is 18.1.